The van der Waals surface area contributed by atoms with Crippen molar-refractivity contribution in [3.8, 4) is 0 Å². The molecule has 0 heterocycles. The molecule has 0 aliphatic heterocycles. The SMILES string of the molecule is CN(CC1CCC1)c1cc(Br)ccc1CNC(C)(C)C. The first-order valence-corrected chi connectivity index (χ1v) is 8.39. The van der Waals surface area contributed by atoms with Crippen LogP contribution in [0.1, 0.15) is 45.6 Å². The fourth-order valence-corrected chi connectivity index (χ4v) is 2.91. The minimum Gasteiger partial charge on any atom is -0.374 e. The molecule has 0 bridgehead atoms. The summed E-state index contributed by atoms with van der Waals surface area (Å²) in [7, 11) is 2.22. The van der Waals surface area contributed by atoms with Crippen molar-refractivity contribution in [3.63, 3.8) is 0 Å². The molecule has 1 fully saturated rings. The van der Waals surface area contributed by atoms with Crippen molar-refractivity contribution in [2.45, 2.75) is 52.1 Å². The Morgan fingerprint density at radius 1 is 1.30 bits per heavy atom. The lowest BCUT2D eigenvalue weighted by Gasteiger charge is -2.33. The third kappa shape index (κ3) is 4.49. The number of rotatable bonds is 5. The topological polar surface area (TPSA) is 15.3 Å². The monoisotopic (exact) mass is 338 g/mol. The van der Waals surface area contributed by atoms with Crippen LogP contribution in [0, 0.1) is 5.92 Å². The summed E-state index contributed by atoms with van der Waals surface area (Å²) in [6.45, 7) is 8.73. The van der Waals surface area contributed by atoms with Gasteiger partial charge in [-0.05, 0) is 57.2 Å². The second-order valence-corrected chi connectivity index (χ2v) is 7.97. The molecule has 1 saturated carbocycles. The van der Waals surface area contributed by atoms with Crippen molar-refractivity contribution < 1.29 is 0 Å². The van der Waals surface area contributed by atoms with E-state index in [9.17, 15) is 0 Å². The molecular formula is C17H27BrN2. The van der Waals surface area contributed by atoms with Crippen molar-refractivity contribution in [1.82, 2.24) is 5.32 Å². The van der Waals surface area contributed by atoms with Gasteiger partial charge in [0.1, 0.15) is 0 Å². The molecule has 0 spiro atoms. The standard InChI is InChI=1S/C17H27BrN2/c1-17(2,3)19-11-14-8-9-15(18)10-16(14)20(4)12-13-6-5-7-13/h8-10,13,19H,5-7,11-12H2,1-4H3. The summed E-state index contributed by atoms with van der Waals surface area (Å²) < 4.78 is 1.16. The lowest BCUT2D eigenvalue weighted by atomic mass is 9.85. The number of benzene rings is 1. The van der Waals surface area contributed by atoms with E-state index in [1.807, 2.05) is 0 Å². The van der Waals surface area contributed by atoms with Gasteiger partial charge in [-0.25, -0.2) is 0 Å². The van der Waals surface area contributed by atoms with Crippen LogP contribution in [0.15, 0.2) is 22.7 Å². The quantitative estimate of drug-likeness (QED) is 0.845. The van der Waals surface area contributed by atoms with Crippen molar-refractivity contribution in [2.24, 2.45) is 5.92 Å². The van der Waals surface area contributed by atoms with E-state index in [0.29, 0.717) is 0 Å². The maximum absolute atomic E-state index is 3.61. The molecule has 1 aliphatic rings. The first-order chi connectivity index (χ1) is 9.35. The summed E-state index contributed by atoms with van der Waals surface area (Å²) in [4.78, 5) is 2.42. The van der Waals surface area contributed by atoms with E-state index < -0.39 is 0 Å². The molecule has 20 heavy (non-hydrogen) atoms. The van der Waals surface area contributed by atoms with Gasteiger partial charge in [0.15, 0.2) is 0 Å². The predicted molar refractivity (Wildman–Crippen MR) is 91.3 cm³/mol. The molecule has 3 heteroatoms. The highest BCUT2D eigenvalue weighted by atomic mass is 79.9. The highest BCUT2D eigenvalue weighted by molar-refractivity contribution is 9.10. The van der Waals surface area contributed by atoms with Gasteiger partial charge in [0.25, 0.3) is 0 Å². The summed E-state index contributed by atoms with van der Waals surface area (Å²) >= 11 is 3.61. The summed E-state index contributed by atoms with van der Waals surface area (Å²) in [6, 6.07) is 6.62. The zero-order chi connectivity index (χ0) is 14.8. The van der Waals surface area contributed by atoms with Crippen LogP contribution >= 0.6 is 15.9 Å². The molecule has 1 aromatic carbocycles. The molecule has 0 atom stereocenters. The molecule has 1 aromatic rings. The molecule has 2 nitrogen and oxygen atoms in total. The van der Waals surface area contributed by atoms with Gasteiger partial charge in [0.05, 0.1) is 0 Å². The average molecular weight is 339 g/mol. The van der Waals surface area contributed by atoms with E-state index >= 15 is 0 Å². The van der Waals surface area contributed by atoms with Crippen LogP contribution in [-0.4, -0.2) is 19.1 Å². The van der Waals surface area contributed by atoms with Gasteiger partial charge in [-0.2, -0.15) is 0 Å². The molecule has 1 aliphatic carbocycles. The van der Waals surface area contributed by atoms with Gasteiger partial charge in [-0.3, -0.25) is 0 Å². The summed E-state index contributed by atoms with van der Waals surface area (Å²) in [5.74, 6) is 0.891. The number of halogens is 1. The van der Waals surface area contributed by atoms with E-state index in [1.54, 1.807) is 0 Å². The van der Waals surface area contributed by atoms with E-state index in [4.69, 9.17) is 0 Å². The highest BCUT2D eigenvalue weighted by Gasteiger charge is 2.20. The Morgan fingerprint density at radius 3 is 2.55 bits per heavy atom. The van der Waals surface area contributed by atoms with Gasteiger partial charge in [-0.1, -0.05) is 28.4 Å². The van der Waals surface area contributed by atoms with E-state index in [1.165, 1.54) is 37.1 Å². The van der Waals surface area contributed by atoms with Crippen LogP contribution in [0.4, 0.5) is 5.69 Å². The smallest absolute Gasteiger partial charge is 0.0420 e. The van der Waals surface area contributed by atoms with Crippen LogP contribution < -0.4 is 10.2 Å². The molecular weight excluding hydrogens is 312 g/mol. The van der Waals surface area contributed by atoms with Crippen LogP contribution in [0.2, 0.25) is 0 Å². The Bertz CT molecular complexity index is 447. The van der Waals surface area contributed by atoms with E-state index in [2.05, 4.69) is 72.2 Å². The Morgan fingerprint density at radius 2 is 2.00 bits per heavy atom. The van der Waals surface area contributed by atoms with Gasteiger partial charge >= 0.3 is 0 Å². The van der Waals surface area contributed by atoms with Crippen molar-refractivity contribution in [2.75, 3.05) is 18.5 Å². The number of nitrogens with one attached hydrogen (secondary N) is 1. The number of nitrogens with zero attached hydrogens (tertiary/aromatic N) is 1. The lowest BCUT2D eigenvalue weighted by Crippen LogP contribution is -2.36. The van der Waals surface area contributed by atoms with Crippen LogP contribution in [0.5, 0.6) is 0 Å². The largest absolute Gasteiger partial charge is 0.374 e. The zero-order valence-electron chi connectivity index (χ0n) is 13.2. The molecule has 0 amide bonds. The van der Waals surface area contributed by atoms with Gasteiger partial charge < -0.3 is 10.2 Å². The molecule has 112 valence electrons. The highest BCUT2D eigenvalue weighted by Crippen LogP contribution is 2.31. The summed E-state index contributed by atoms with van der Waals surface area (Å²) in [5, 5.41) is 3.59. The maximum atomic E-state index is 3.61. The Hall–Kier alpha value is -0.540. The summed E-state index contributed by atoms with van der Waals surface area (Å²) in [5.41, 5.74) is 2.88. The van der Waals surface area contributed by atoms with E-state index in [0.717, 1.165) is 16.9 Å². The zero-order valence-corrected chi connectivity index (χ0v) is 14.8. The van der Waals surface area contributed by atoms with Crippen molar-refractivity contribution in [3.05, 3.63) is 28.2 Å². The molecule has 1 N–H and O–H groups in total. The normalized spacial score (nSPS) is 16.1. The number of hydrogen-bond acceptors (Lipinski definition) is 2. The second-order valence-electron chi connectivity index (χ2n) is 7.05. The molecule has 0 aromatic heterocycles. The van der Waals surface area contributed by atoms with Gasteiger partial charge in [0, 0.05) is 35.8 Å². The first-order valence-electron chi connectivity index (χ1n) is 7.60. The van der Waals surface area contributed by atoms with Gasteiger partial charge in [-0.15, -0.1) is 0 Å². The molecule has 0 saturated heterocycles. The van der Waals surface area contributed by atoms with Crippen LogP contribution in [-0.2, 0) is 6.54 Å². The Labute approximate surface area is 132 Å². The Kier molecular flexibility index (Phi) is 5.14. The van der Waals surface area contributed by atoms with Gasteiger partial charge in [0.2, 0.25) is 0 Å². The minimum atomic E-state index is 0.150. The maximum Gasteiger partial charge on any atom is 0.0420 e. The molecule has 2 rings (SSSR count). The average Bonchev–Trinajstić information content (AvgIpc) is 2.31. The third-order valence-corrected chi connectivity index (χ3v) is 4.52. The van der Waals surface area contributed by atoms with Crippen LogP contribution in [0.3, 0.4) is 0 Å². The number of hydrogen-bond donors (Lipinski definition) is 1. The molecule has 0 unspecified atom stereocenters. The second kappa shape index (κ2) is 6.48. The first kappa shape index (κ1) is 15.8. The van der Waals surface area contributed by atoms with Crippen molar-refractivity contribution in [1.29, 1.82) is 0 Å². The lowest BCUT2D eigenvalue weighted by molar-refractivity contribution is 0.321. The Balaban J connectivity index is 2.09. The summed E-state index contributed by atoms with van der Waals surface area (Å²) in [6.07, 6.45) is 4.21. The van der Waals surface area contributed by atoms with E-state index in [-0.39, 0.29) is 5.54 Å². The molecule has 0 radical (unpaired) electrons. The number of anilines is 1. The minimum absolute atomic E-state index is 0.150. The van der Waals surface area contributed by atoms with Crippen molar-refractivity contribution >= 4 is 21.6 Å². The fraction of sp³-hybridized carbons (Fsp3) is 0.647. The van der Waals surface area contributed by atoms with Crippen LogP contribution in [0.25, 0.3) is 0 Å². The fourth-order valence-electron chi connectivity index (χ4n) is 2.56. The predicted octanol–water partition coefficient (Wildman–Crippen LogP) is 4.57. The third-order valence-electron chi connectivity index (χ3n) is 4.02.